The Morgan fingerprint density at radius 3 is 2.23 bits per heavy atom. The highest BCUT2D eigenvalue weighted by Crippen LogP contribution is 2.68. The first-order chi connectivity index (χ1) is 22.4. The summed E-state index contributed by atoms with van der Waals surface area (Å²) in [5, 5.41) is 20.2. The van der Waals surface area contributed by atoms with Crippen molar-refractivity contribution in [3.8, 4) is 0 Å². The maximum atomic E-state index is 12.6. The Balaban J connectivity index is 1.24. The van der Waals surface area contributed by atoms with E-state index in [4.69, 9.17) is 14.2 Å². The fourth-order valence-corrected chi connectivity index (χ4v) is 11.5. The summed E-state index contributed by atoms with van der Waals surface area (Å²) in [6.45, 7) is 23.3. The third-order valence-corrected chi connectivity index (χ3v) is 14.5. The van der Waals surface area contributed by atoms with Crippen molar-refractivity contribution in [2.75, 3.05) is 19.8 Å². The zero-order valence-corrected chi connectivity index (χ0v) is 32.8. The molecular formula is C42H76O6. The Hall–Kier alpha value is -0.690. The van der Waals surface area contributed by atoms with E-state index in [1.54, 1.807) is 0 Å². The van der Waals surface area contributed by atoms with Crippen molar-refractivity contribution in [3.05, 3.63) is 0 Å². The second kappa shape index (κ2) is 16.3. The zero-order valence-electron chi connectivity index (χ0n) is 32.8. The van der Waals surface area contributed by atoms with E-state index in [1.165, 1.54) is 64.2 Å². The SMILES string of the molecule is CCC(CCC(C)C1CCC2C3CCC4CC(OC(O)CCC(=O)OC(C)(C)COCC(C)(C)CO)CCC4(C)C3CCC12C)C(C)C. The van der Waals surface area contributed by atoms with Gasteiger partial charge in [-0.3, -0.25) is 4.79 Å². The number of hydrogen-bond acceptors (Lipinski definition) is 6. The number of aliphatic hydroxyl groups excluding tert-OH is 2. The number of carbonyl (C=O) groups excluding carboxylic acids is 1. The molecule has 4 fully saturated rings. The summed E-state index contributed by atoms with van der Waals surface area (Å²) in [5.41, 5.74) is -0.206. The van der Waals surface area contributed by atoms with Crippen molar-refractivity contribution in [3.63, 3.8) is 0 Å². The largest absolute Gasteiger partial charge is 0.457 e. The molecule has 0 radical (unpaired) electrons. The Morgan fingerprint density at radius 2 is 1.56 bits per heavy atom. The number of aliphatic hydroxyl groups is 2. The molecule has 0 heterocycles. The fourth-order valence-electron chi connectivity index (χ4n) is 11.5. The molecule has 0 spiro atoms. The van der Waals surface area contributed by atoms with E-state index >= 15 is 0 Å². The molecular weight excluding hydrogens is 600 g/mol. The third-order valence-electron chi connectivity index (χ3n) is 14.5. The summed E-state index contributed by atoms with van der Waals surface area (Å²) in [5.74, 6) is 6.33. The first-order valence-electron chi connectivity index (χ1n) is 20.2. The summed E-state index contributed by atoms with van der Waals surface area (Å²) in [7, 11) is 0. The highest BCUT2D eigenvalue weighted by molar-refractivity contribution is 5.69. The monoisotopic (exact) mass is 677 g/mol. The summed E-state index contributed by atoms with van der Waals surface area (Å²) >= 11 is 0. The van der Waals surface area contributed by atoms with Gasteiger partial charge in [0.25, 0.3) is 0 Å². The number of hydrogen-bond donors (Lipinski definition) is 2. The van der Waals surface area contributed by atoms with Crippen molar-refractivity contribution >= 4 is 5.97 Å². The predicted molar refractivity (Wildman–Crippen MR) is 194 cm³/mol. The van der Waals surface area contributed by atoms with Crippen LogP contribution in [-0.2, 0) is 19.0 Å². The van der Waals surface area contributed by atoms with E-state index in [0.717, 1.165) is 54.3 Å². The van der Waals surface area contributed by atoms with Crippen LogP contribution < -0.4 is 0 Å². The Morgan fingerprint density at radius 1 is 0.875 bits per heavy atom. The zero-order chi connectivity index (χ0) is 35.5. The summed E-state index contributed by atoms with van der Waals surface area (Å²) < 4.78 is 17.6. The van der Waals surface area contributed by atoms with Gasteiger partial charge in [-0.15, -0.1) is 0 Å². The second-order valence-electron chi connectivity index (χ2n) is 19.4. The van der Waals surface area contributed by atoms with E-state index < -0.39 is 11.9 Å². The standard InChI is InChI=1S/C42H76O6/c1-11-30(28(2)3)13-12-29(4)34-16-17-35-33-15-14-31-24-32(20-22-41(31,9)36(33)21-23-42(34,35)10)47-37(44)18-19-38(45)48-40(7,8)27-46-26-39(5,6)25-43/h28-37,43-44H,11-27H2,1-10H3. The van der Waals surface area contributed by atoms with Gasteiger partial charge in [0.05, 0.1) is 32.3 Å². The molecule has 6 nitrogen and oxygen atoms in total. The van der Waals surface area contributed by atoms with Gasteiger partial charge in [0.1, 0.15) is 5.60 Å². The van der Waals surface area contributed by atoms with Gasteiger partial charge in [0.15, 0.2) is 6.29 Å². The van der Waals surface area contributed by atoms with Crippen LogP contribution in [0.2, 0.25) is 0 Å². The van der Waals surface area contributed by atoms with Crippen molar-refractivity contribution < 1.29 is 29.2 Å². The molecule has 0 saturated heterocycles. The molecule has 48 heavy (non-hydrogen) atoms. The minimum absolute atomic E-state index is 0.0331. The fraction of sp³-hybridized carbons (Fsp3) is 0.976. The van der Waals surface area contributed by atoms with Crippen LogP contribution in [0.15, 0.2) is 0 Å². The molecule has 280 valence electrons. The molecule has 0 amide bonds. The Bertz CT molecular complexity index is 1020. The lowest BCUT2D eigenvalue weighted by Gasteiger charge is -2.61. The molecule has 0 bridgehead atoms. The lowest BCUT2D eigenvalue weighted by molar-refractivity contribution is -0.187. The number of carbonyl (C=O) groups is 1. The van der Waals surface area contributed by atoms with Gasteiger partial charge in [0.2, 0.25) is 0 Å². The number of ether oxygens (including phenoxy) is 3. The highest BCUT2D eigenvalue weighted by Gasteiger charge is 2.60. The van der Waals surface area contributed by atoms with Gasteiger partial charge in [-0.05, 0) is 136 Å². The van der Waals surface area contributed by atoms with Crippen LogP contribution in [0.3, 0.4) is 0 Å². The van der Waals surface area contributed by atoms with Crippen LogP contribution in [0.5, 0.6) is 0 Å². The molecule has 4 aliphatic rings. The van der Waals surface area contributed by atoms with E-state index in [0.29, 0.717) is 23.4 Å². The highest BCUT2D eigenvalue weighted by atomic mass is 16.6. The van der Waals surface area contributed by atoms with Crippen LogP contribution in [0.25, 0.3) is 0 Å². The summed E-state index contributed by atoms with van der Waals surface area (Å²) in [4.78, 5) is 12.6. The molecule has 4 aliphatic carbocycles. The quantitative estimate of drug-likeness (QED) is 0.118. The van der Waals surface area contributed by atoms with Gasteiger partial charge in [-0.1, -0.05) is 68.2 Å². The second-order valence-corrected chi connectivity index (χ2v) is 19.4. The van der Waals surface area contributed by atoms with E-state index in [1.807, 2.05) is 27.7 Å². The number of esters is 1. The van der Waals surface area contributed by atoms with Gasteiger partial charge in [0, 0.05) is 11.8 Å². The minimum Gasteiger partial charge on any atom is -0.457 e. The van der Waals surface area contributed by atoms with E-state index in [-0.39, 0.29) is 43.5 Å². The Labute approximate surface area is 295 Å². The topological polar surface area (TPSA) is 85.2 Å². The molecule has 4 saturated carbocycles. The predicted octanol–water partition coefficient (Wildman–Crippen LogP) is 9.58. The molecule has 2 N–H and O–H groups in total. The van der Waals surface area contributed by atoms with E-state index in [9.17, 15) is 15.0 Å². The van der Waals surface area contributed by atoms with Crippen molar-refractivity contribution in [2.45, 2.75) is 177 Å². The molecule has 11 atom stereocenters. The van der Waals surface area contributed by atoms with Crippen LogP contribution in [0.1, 0.15) is 159 Å². The lowest BCUT2D eigenvalue weighted by Crippen LogP contribution is -2.54. The molecule has 0 aromatic heterocycles. The van der Waals surface area contributed by atoms with Crippen molar-refractivity contribution in [1.29, 1.82) is 0 Å². The van der Waals surface area contributed by atoms with Crippen molar-refractivity contribution in [2.24, 2.45) is 63.6 Å². The Kier molecular flexibility index (Phi) is 13.6. The first kappa shape index (κ1) is 40.1. The van der Waals surface area contributed by atoms with Crippen molar-refractivity contribution in [1.82, 2.24) is 0 Å². The number of rotatable bonds is 17. The van der Waals surface area contributed by atoms with E-state index in [2.05, 4.69) is 41.5 Å². The van der Waals surface area contributed by atoms with Gasteiger partial charge in [-0.2, -0.15) is 0 Å². The van der Waals surface area contributed by atoms with Gasteiger partial charge in [-0.25, -0.2) is 0 Å². The van der Waals surface area contributed by atoms with Crippen LogP contribution >= 0.6 is 0 Å². The average molecular weight is 677 g/mol. The minimum atomic E-state index is -0.950. The molecule has 4 rings (SSSR count). The molecule has 11 unspecified atom stereocenters. The molecule has 6 heteroatoms. The third kappa shape index (κ3) is 9.39. The van der Waals surface area contributed by atoms with Gasteiger partial charge < -0.3 is 24.4 Å². The molecule has 0 aliphatic heterocycles. The summed E-state index contributed by atoms with van der Waals surface area (Å²) in [6, 6.07) is 0. The maximum Gasteiger partial charge on any atom is 0.306 e. The molecule has 0 aromatic carbocycles. The summed E-state index contributed by atoms with van der Waals surface area (Å²) in [6.07, 6.45) is 15.2. The normalized spacial score (nSPS) is 35.8. The molecule has 0 aromatic rings. The first-order valence-corrected chi connectivity index (χ1v) is 20.2. The average Bonchev–Trinajstić information content (AvgIpc) is 3.37. The van der Waals surface area contributed by atoms with Crippen LogP contribution in [0, 0.1) is 63.6 Å². The number of fused-ring (bicyclic) bond motifs is 5. The van der Waals surface area contributed by atoms with Crippen LogP contribution in [-0.4, -0.2) is 54.0 Å². The maximum absolute atomic E-state index is 12.6. The van der Waals surface area contributed by atoms with Gasteiger partial charge >= 0.3 is 5.97 Å². The van der Waals surface area contributed by atoms with Crippen LogP contribution in [0.4, 0.5) is 0 Å². The smallest absolute Gasteiger partial charge is 0.306 e. The lowest BCUT2D eigenvalue weighted by atomic mass is 9.44.